The fourth-order valence-electron chi connectivity index (χ4n) is 3.74. The molecule has 0 fully saturated rings. The number of nitrogens with zero attached hydrogens (tertiary/aromatic N) is 2. The van der Waals surface area contributed by atoms with E-state index in [4.69, 9.17) is 0 Å². The van der Waals surface area contributed by atoms with E-state index in [0.717, 1.165) is 11.2 Å². The molecule has 0 saturated carbocycles. The summed E-state index contributed by atoms with van der Waals surface area (Å²) in [6.45, 7) is 4.17. The number of aromatic nitrogens is 2. The number of rotatable bonds is 0. The highest BCUT2D eigenvalue weighted by Gasteiger charge is 2.15. The first-order valence-corrected chi connectivity index (χ1v) is 7.54. The Kier molecular flexibility index (Phi) is 2.11. The zero-order valence-corrected chi connectivity index (χ0v) is 12.5. The molecular formula is C20H14N2. The average molecular weight is 282 g/mol. The van der Waals surface area contributed by atoms with Crippen LogP contribution in [0.4, 0.5) is 0 Å². The van der Waals surface area contributed by atoms with Gasteiger partial charge >= 0.3 is 0 Å². The van der Waals surface area contributed by atoms with Crippen LogP contribution in [0.1, 0.15) is 11.3 Å². The zero-order chi connectivity index (χ0) is 14.8. The lowest BCUT2D eigenvalue weighted by Gasteiger charge is -2.14. The number of hydrogen-bond acceptors (Lipinski definition) is 2. The van der Waals surface area contributed by atoms with Gasteiger partial charge in [0.25, 0.3) is 0 Å². The molecule has 0 atom stereocenters. The van der Waals surface area contributed by atoms with Gasteiger partial charge in [0.1, 0.15) is 5.52 Å². The highest BCUT2D eigenvalue weighted by molar-refractivity contribution is 6.32. The van der Waals surface area contributed by atoms with Crippen molar-refractivity contribution >= 4 is 43.2 Å². The Labute approximate surface area is 127 Å². The normalized spacial score (nSPS) is 12.1. The zero-order valence-electron chi connectivity index (χ0n) is 12.5. The molecule has 0 spiro atoms. The Balaban J connectivity index is 2.28. The Morgan fingerprint density at radius 2 is 1.41 bits per heavy atom. The lowest BCUT2D eigenvalue weighted by Crippen LogP contribution is -1.94. The molecule has 5 aromatic rings. The second kappa shape index (κ2) is 3.92. The van der Waals surface area contributed by atoms with Gasteiger partial charge in [-0.05, 0) is 47.0 Å². The van der Waals surface area contributed by atoms with Crippen LogP contribution in [0.3, 0.4) is 0 Å². The lowest BCUT2D eigenvalue weighted by atomic mass is 9.91. The third-order valence-corrected chi connectivity index (χ3v) is 4.66. The van der Waals surface area contributed by atoms with Crippen LogP contribution in [-0.2, 0) is 0 Å². The molecule has 0 unspecified atom stereocenters. The summed E-state index contributed by atoms with van der Waals surface area (Å²) in [6.07, 6.45) is 0. The quantitative estimate of drug-likeness (QED) is 0.290. The Bertz CT molecular complexity index is 1190. The molecule has 0 aliphatic heterocycles. The van der Waals surface area contributed by atoms with Gasteiger partial charge in [-0.25, -0.2) is 0 Å². The summed E-state index contributed by atoms with van der Waals surface area (Å²) in [5.41, 5.74) is 3.27. The predicted molar refractivity (Wildman–Crippen MR) is 92.7 cm³/mol. The van der Waals surface area contributed by atoms with Crippen molar-refractivity contribution in [2.75, 3.05) is 0 Å². The first-order valence-electron chi connectivity index (χ1n) is 7.54. The first-order chi connectivity index (χ1) is 10.7. The van der Waals surface area contributed by atoms with Crippen molar-refractivity contribution in [3.05, 3.63) is 59.8 Å². The van der Waals surface area contributed by atoms with E-state index in [0.29, 0.717) is 0 Å². The Morgan fingerprint density at radius 1 is 0.682 bits per heavy atom. The fourth-order valence-corrected chi connectivity index (χ4v) is 3.74. The fraction of sp³-hybridized carbons (Fsp3) is 0.100. The molecular weight excluding hydrogens is 268 g/mol. The van der Waals surface area contributed by atoms with Crippen molar-refractivity contribution in [2.24, 2.45) is 0 Å². The van der Waals surface area contributed by atoms with Crippen LogP contribution in [0.25, 0.3) is 43.2 Å². The molecule has 0 aliphatic carbocycles. The van der Waals surface area contributed by atoms with Gasteiger partial charge in [0, 0.05) is 16.2 Å². The Hall–Kier alpha value is -2.74. The molecule has 2 heteroatoms. The van der Waals surface area contributed by atoms with Crippen molar-refractivity contribution in [2.45, 2.75) is 13.8 Å². The number of aryl methyl sites for hydroxylation is 2. The molecule has 1 aromatic heterocycles. The molecule has 0 amide bonds. The number of fused-ring (bicyclic) bond motifs is 2. The van der Waals surface area contributed by atoms with E-state index in [1.807, 2.05) is 6.92 Å². The summed E-state index contributed by atoms with van der Waals surface area (Å²) < 4.78 is 0. The van der Waals surface area contributed by atoms with Crippen molar-refractivity contribution in [3.63, 3.8) is 0 Å². The van der Waals surface area contributed by atoms with Gasteiger partial charge in [-0.2, -0.15) is 5.10 Å². The smallest absolute Gasteiger partial charge is 0.102 e. The summed E-state index contributed by atoms with van der Waals surface area (Å²) in [7, 11) is 0. The average Bonchev–Trinajstić information content (AvgIpc) is 2.53. The highest BCUT2D eigenvalue weighted by Crippen LogP contribution is 2.39. The SMILES string of the molecule is Cc1cc2cccc3c4cccc5c(C)nnc(c(c1)c23)c54. The third-order valence-electron chi connectivity index (χ3n) is 4.66. The lowest BCUT2D eigenvalue weighted by molar-refractivity contribution is 1.03. The highest BCUT2D eigenvalue weighted by atomic mass is 15.1. The van der Waals surface area contributed by atoms with Gasteiger partial charge < -0.3 is 0 Å². The summed E-state index contributed by atoms with van der Waals surface area (Å²) in [5, 5.41) is 17.7. The first kappa shape index (κ1) is 11.9. The monoisotopic (exact) mass is 282 g/mol. The van der Waals surface area contributed by atoms with E-state index in [2.05, 4.69) is 65.7 Å². The molecule has 22 heavy (non-hydrogen) atoms. The molecule has 104 valence electrons. The molecule has 0 aliphatic rings. The van der Waals surface area contributed by atoms with Crippen LogP contribution in [0.5, 0.6) is 0 Å². The minimum absolute atomic E-state index is 0.990. The third kappa shape index (κ3) is 1.34. The molecule has 0 saturated heterocycles. The van der Waals surface area contributed by atoms with E-state index in [-0.39, 0.29) is 0 Å². The van der Waals surface area contributed by atoms with Gasteiger partial charge in [0.05, 0.1) is 5.69 Å². The topological polar surface area (TPSA) is 25.8 Å². The molecule has 0 N–H and O–H groups in total. The summed E-state index contributed by atoms with van der Waals surface area (Å²) in [4.78, 5) is 0. The van der Waals surface area contributed by atoms with E-state index in [9.17, 15) is 0 Å². The van der Waals surface area contributed by atoms with Gasteiger partial charge in [0.2, 0.25) is 0 Å². The van der Waals surface area contributed by atoms with Crippen LogP contribution < -0.4 is 0 Å². The van der Waals surface area contributed by atoms with Gasteiger partial charge in [-0.15, -0.1) is 5.10 Å². The molecule has 1 heterocycles. The molecule has 4 aromatic carbocycles. The van der Waals surface area contributed by atoms with Crippen molar-refractivity contribution in [1.29, 1.82) is 0 Å². The summed E-state index contributed by atoms with van der Waals surface area (Å²) >= 11 is 0. The van der Waals surface area contributed by atoms with Gasteiger partial charge in [-0.3, -0.25) is 0 Å². The maximum absolute atomic E-state index is 4.55. The maximum atomic E-state index is 4.55. The van der Waals surface area contributed by atoms with Crippen LogP contribution in [0.2, 0.25) is 0 Å². The van der Waals surface area contributed by atoms with E-state index >= 15 is 0 Å². The Morgan fingerprint density at radius 3 is 2.27 bits per heavy atom. The van der Waals surface area contributed by atoms with E-state index < -0.39 is 0 Å². The van der Waals surface area contributed by atoms with E-state index in [1.54, 1.807) is 0 Å². The van der Waals surface area contributed by atoms with Crippen LogP contribution >= 0.6 is 0 Å². The molecule has 0 radical (unpaired) electrons. The maximum Gasteiger partial charge on any atom is 0.102 e. The largest absolute Gasteiger partial charge is 0.155 e. The summed E-state index contributed by atoms with van der Waals surface area (Å²) in [5.74, 6) is 0. The van der Waals surface area contributed by atoms with Crippen molar-refractivity contribution < 1.29 is 0 Å². The van der Waals surface area contributed by atoms with Crippen molar-refractivity contribution in [3.8, 4) is 0 Å². The predicted octanol–water partition coefficient (Wildman–Crippen LogP) is 5.14. The number of benzene rings is 4. The van der Waals surface area contributed by atoms with Crippen LogP contribution in [0, 0.1) is 13.8 Å². The van der Waals surface area contributed by atoms with Gasteiger partial charge in [-0.1, -0.05) is 42.5 Å². The van der Waals surface area contributed by atoms with E-state index in [1.165, 1.54) is 43.3 Å². The van der Waals surface area contributed by atoms with Crippen LogP contribution in [0.15, 0.2) is 48.5 Å². The standard InChI is InChI=1S/C20H14N2/c1-11-9-13-5-3-7-15-16-8-4-6-14-12(2)21-22-20(19(14)16)17(10-11)18(13)15/h3-10H,1-2H3. The number of hydrogen-bond donors (Lipinski definition) is 0. The molecule has 0 bridgehead atoms. The minimum Gasteiger partial charge on any atom is -0.155 e. The van der Waals surface area contributed by atoms with Crippen molar-refractivity contribution in [1.82, 2.24) is 10.2 Å². The summed E-state index contributed by atoms with van der Waals surface area (Å²) in [6, 6.07) is 17.5. The minimum atomic E-state index is 0.990. The second-order valence-corrected chi connectivity index (χ2v) is 6.08. The second-order valence-electron chi connectivity index (χ2n) is 6.08. The molecule has 5 rings (SSSR count). The molecule has 2 nitrogen and oxygen atoms in total. The van der Waals surface area contributed by atoms with Crippen LogP contribution in [-0.4, -0.2) is 10.2 Å². The van der Waals surface area contributed by atoms with Gasteiger partial charge in [0.15, 0.2) is 0 Å².